The Hall–Kier alpha value is -2.63. The molecule has 0 bridgehead atoms. The predicted octanol–water partition coefficient (Wildman–Crippen LogP) is 3.00. The highest BCUT2D eigenvalue weighted by Gasteiger charge is 2.10. The third-order valence-corrected chi connectivity index (χ3v) is 4.68. The zero-order valence-electron chi connectivity index (χ0n) is 14.8. The maximum atomic E-state index is 5.41. The molecule has 0 spiro atoms. The second kappa shape index (κ2) is 8.17. The Bertz CT molecular complexity index is 791. The van der Waals surface area contributed by atoms with Gasteiger partial charge in [0.1, 0.15) is 0 Å². The largest absolute Gasteiger partial charge is 0.378 e. The van der Waals surface area contributed by atoms with Gasteiger partial charge in [-0.3, -0.25) is 0 Å². The zero-order chi connectivity index (χ0) is 17.6. The van der Waals surface area contributed by atoms with E-state index in [1.807, 2.05) is 16.9 Å². The fourth-order valence-corrected chi connectivity index (χ4v) is 3.19. The molecule has 134 valence electrons. The molecule has 1 aliphatic heterocycles. The number of benzene rings is 2. The van der Waals surface area contributed by atoms with Crippen molar-refractivity contribution in [1.82, 2.24) is 15.1 Å². The van der Waals surface area contributed by atoms with Crippen molar-refractivity contribution in [3.63, 3.8) is 0 Å². The Kier molecular flexibility index (Phi) is 5.28. The van der Waals surface area contributed by atoms with Gasteiger partial charge in [-0.15, -0.1) is 0 Å². The molecule has 1 saturated heterocycles. The van der Waals surface area contributed by atoms with Crippen molar-refractivity contribution in [1.29, 1.82) is 0 Å². The molecule has 0 unspecified atom stereocenters. The lowest BCUT2D eigenvalue weighted by molar-refractivity contribution is 0.122. The van der Waals surface area contributed by atoms with E-state index in [2.05, 4.69) is 63.8 Å². The van der Waals surface area contributed by atoms with Gasteiger partial charge in [0.25, 0.3) is 0 Å². The van der Waals surface area contributed by atoms with E-state index in [1.165, 1.54) is 16.8 Å². The zero-order valence-corrected chi connectivity index (χ0v) is 14.8. The number of ether oxygens (including phenoxy) is 1. The lowest BCUT2D eigenvalue weighted by Crippen LogP contribution is -2.36. The summed E-state index contributed by atoms with van der Waals surface area (Å²) in [5.41, 5.74) is 4.93. The molecule has 1 fully saturated rings. The van der Waals surface area contributed by atoms with E-state index in [0.717, 1.165) is 45.1 Å². The molecule has 5 heteroatoms. The van der Waals surface area contributed by atoms with Crippen LogP contribution in [0.4, 0.5) is 5.69 Å². The van der Waals surface area contributed by atoms with Gasteiger partial charge < -0.3 is 15.0 Å². The van der Waals surface area contributed by atoms with Crippen molar-refractivity contribution in [3.05, 3.63) is 78.1 Å². The van der Waals surface area contributed by atoms with Gasteiger partial charge in [0.15, 0.2) is 0 Å². The lowest BCUT2D eigenvalue weighted by atomic mass is 10.1. The Morgan fingerprint density at radius 3 is 2.04 bits per heavy atom. The van der Waals surface area contributed by atoms with E-state index < -0.39 is 0 Å². The van der Waals surface area contributed by atoms with Gasteiger partial charge >= 0.3 is 0 Å². The summed E-state index contributed by atoms with van der Waals surface area (Å²) in [5, 5.41) is 7.76. The summed E-state index contributed by atoms with van der Waals surface area (Å²) in [6.45, 7) is 5.32. The Balaban J connectivity index is 1.27. The van der Waals surface area contributed by atoms with Gasteiger partial charge in [0, 0.05) is 44.3 Å². The van der Waals surface area contributed by atoms with Crippen LogP contribution in [0.5, 0.6) is 0 Å². The highest BCUT2D eigenvalue weighted by atomic mass is 16.5. The summed E-state index contributed by atoms with van der Waals surface area (Å²) in [5.74, 6) is 0. The first-order valence-corrected chi connectivity index (χ1v) is 9.10. The molecule has 0 saturated carbocycles. The van der Waals surface area contributed by atoms with Gasteiger partial charge in [0.05, 0.1) is 18.9 Å². The Labute approximate surface area is 154 Å². The third kappa shape index (κ3) is 4.12. The molecule has 1 aliphatic rings. The van der Waals surface area contributed by atoms with Gasteiger partial charge in [-0.05, 0) is 41.5 Å². The molecule has 0 aliphatic carbocycles. The molecule has 0 radical (unpaired) electrons. The van der Waals surface area contributed by atoms with Crippen LogP contribution in [0.3, 0.4) is 0 Å². The van der Waals surface area contributed by atoms with Gasteiger partial charge in [0.2, 0.25) is 0 Å². The summed E-state index contributed by atoms with van der Waals surface area (Å²) in [6, 6.07) is 19.2. The first kappa shape index (κ1) is 16.8. The van der Waals surface area contributed by atoms with Crippen LogP contribution in [-0.2, 0) is 17.8 Å². The molecule has 3 aromatic rings. The second-order valence-corrected chi connectivity index (χ2v) is 6.49. The first-order valence-electron chi connectivity index (χ1n) is 9.10. The van der Waals surface area contributed by atoms with E-state index in [9.17, 15) is 0 Å². The maximum absolute atomic E-state index is 5.41. The van der Waals surface area contributed by atoms with E-state index in [4.69, 9.17) is 4.74 Å². The van der Waals surface area contributed by atoms with E-state index >= 15 is 0 Å². The van der Waals surface area contributed by atoms with Crippen LogP contribution in [0, 0.1) is 0 Å². The number of hydrogen-bond donors (Lipinski definition) is 1. The quantitative estimate of drug-likeness (QED) is 0.744. The summed E-state index contributed by atoms with van der Waals surface area (Å²) < 4.78 is 7.28. The van der Waals surface area contributed by atoms with Crippen molar-refractivity contribution >= 4 is 5.69 Å². The van der Waals surface area contributed by atoms with Crippen molar-refractivity contribution in [3.8, 4) is 5.69 Å². The minimum absolute atomic E-state index is 0.822. The molecular weight excluding hydrogens is 324 g/mol. The van der Waals surface area contributed by atoms with E-state index in [1.54, 1.807) is 6.20 Å². The minimum Gasteiger partial charge on any atom is -0.378 e. The summed E-state index contributed by atoms with van der Waals surface area (Å²) in [7, 11) is 0. The molecule has 2 aromatic carbocycles. The lowest BCUT2D eigenvalue weighted by Gasteiger charge is -2.28. The standard InChI is InChI=1S/C21H24N4O/c1-10-23-25(11-1)21-8-4-19(5-9-21)17-22-16-18-2-6-20(7-3-18)24-12-14-26-15-13-24/h1-11,22H,12-17H2. The fourth-order valence-electron chi connectivity index (χ4n) is 3.19. The molecular formula is C21H24N4O. The third-order valence-electron chi connectivity index (χ3n) is 4.68. The number of morpholine rings is 1. The molecule has 4 rings (SSSR count). The fraction of sp³-hybridized carbons (Fsp3) is 0.286. The van der Waals surface area contributed by atoms with Crippen LogP contribution in [-0.4, -0.2) is 36.1 Å². The molecule has 0 amide bonds. The average molecular weight is 348 g/mol. The normalized spacial score (nSPS) is 14.5. The molecule has 5 nitrogen and oxygen atoms in total. The van der Waals surface area contributed by atoms with E-state index in [0.29, 0.717) is 0 Å². The van der Waals surface area contributed by atoms with Crippen molar-refractivity contribution in [2.45, 2.75) is 13.1 Å². The van der Waals surface area contributed by atoms with Gasteiger partial charge in [-0.1, -0.05) is 24.3 Å². The number of nitrogens with zero attached hydrogens (tertiary/aromatic N) is 3. The van der Waals surface area contributed by atoms with Crippen molar-refractivity contribution in [2.75, 3.05) is 31.2 Å². The second-order valence-electron chi connectivity index (χ2n) is 6.49. The van der Waals surface area contributed by atoms with E-state index in [-0.39, 0.29) is 0 Å². The average Bonchev–Trinajstić information content (AvgIpc) is 3.25. The van der Waals surface area contributed by atoms with Crippen LogP contribution in [0.15, 0.2) is 67.0 Å². The Morgan fingerprint density at radius 2 is 1.46 bits per heavy atom. The predicted molar refractivity (Wildman–Crippen MR) is 104 cm³/mol. The topological polar surface area (TPSA) is 42.3 Å². The number of hydrogen-bond acceptors (Lipinski definition) is 4. The molecule has 1 aromatic heterocycles. The molecule has 1 N–H and O–H groups in total. The summed E-state index contributed by atoms with van der Waals surface area (Å²) in [6.07, 6.45) is 3.74. The molecule has 26 heavy (non-hydrogen) atoms. The summed E-state index contributed by atoms with van der Waals surface area (Å²) in [4.78, 5) is 2.38. The van der Waals surface area contributed by atoms with Crippen molar-refractivity contribution < 1.29 is 4.74 Å². The smallest absolute Gasteiger partial charge is 0.0645 e. The highest BCUT2D eigenvalue weighted by Crippen LogP contribution is 2.16. The van der Waals surface area contributed by atoms with Crippen LogP contribution in [0.25, 0.3) is 5.69 Å². The number of aromatic nitrogens is 2. The maximum Gasteiger partial charge on any atom is 0.0645 e. The molecule has 2 heterocycles. The first-order chi connectivity index (χ1) is 12.9. The van der Waals surface area contributed by atoms with Crippen LogP contribution < -0.4 is 10.2 Å². The van der Waals surface area contributed by atoms with Gasteiger partial charge in [-0.2, -0.15) is 5.10 Å². The highest BCUT2D eigenvalue weighted by molar-refractivity contribution is 5.47. The number of rotatable bonds is 6. The van der Waals surface area contributed by atoms with Crippen LogP contribution >= 0.6 is 0 Å². The Morgan fingerprint density at radius 1 is 0.846 bits per heavy atom. The van der Waals surface area contributed by atoms with Gasteiger partial charge in [-0.25, -0.2) is 4.68 Å². The van der Waals surface area contributed by atoms with Crippen LogP contribution in [0.1, 0.15) is 11.1 Å². The molecule has 0 atom stereocenters. The number of anilines is 1. The monoisotopic (exact) mass is 348 g/mol. The van der Waals surface area contributed by atoms with Crippen molar-refractivity contribution in [2.24, 2.45) is 0 Å². The summed E-state index contributed by atoms with van der Waals surface area (Å²) >= 11 is 0. The SMILES string of the molecule is c1cnn(-c2ccc(CNCc3ccc(N4CCOCC4)cc3)cc2)c1. The minimum atomic E-state index is 0.822. The number of nitrogens with one attached hydrogen (secondary N) is 1. The van der Waals surface area contributed by atoms with Crippen LogP contribution in [0.2, 0.25) is 0 Å².